The zero-order valence-corrected chi connectivity index (χ0v) is 13.9. The number of amides is 1. The second-order valence-corrected chi connectivity index (χ2v) is 4.90. The molecule has 0 aliphatic rings. The van der Waals surface area contributed by atoms with Gasteiger partial charge >= 0.3 is 0 Å². The number of nitrogens with one attached hydrogen (secondary N) is 1. The number of nitrogens with two attached hydrogens (primary N) is 1. The van der Waals surface area contributed by atoms with Crippen molar-refractivity contribution in [2.24, 2.45) is 5.73 Å². The van der Waals surface area contributed by atoms with Crippen LogP contribution < -0.4 is 20.5 Å². The summed E-state index contributed by atoms with van der Waals surface area (Å²) in [6, 6.07) is 14.4. The molecular formula is C17H21ClN2O3. The Morgan fingerprint density at radius 3 is 2.30 bits per heavy atom. The van der Waals surface area contributed by atoms with Crippen LogP contribution in [0.25, 0.3) is 0 Å². The van der Waals surface area contributed by atoms with Gasteiger partial charge < -0.3 is 20.5 Å². The molecule has 0 saturated heterocycles. The molecular weight excluding hydrogens is 316 g/mol. The fourth-order valence-corrected chi connectivity index (χ4v) is 1.86. The maximum atomic E-state index is 11.4. The number of ether oxygens (including phenoxy) is 2. The average molecular weight is 337 g/mol. The summed E-state index contributed by atoms with van der Waals surface area (Å²) in [5.74, 6) is 1.86. The van der Waals surface area contributed by atoms with Crippen LogP contribution in [0.5, 0.6) is 17.2 Å². The van der Waals surface area contributed by atoms with Gasteiger partial charge in [-0.2, -0.15) is 0 Å². The minimum atomic E-state index is -0.506. The second-order valence-electron chi connectivity index (χ2n) is 4.90. The van der Waals surface area contributed by atoms with Crippen molar-refractivity contribution in [1.82, 2.24) is 5.32 Å². The van der Waals surface area contributed by atoms with Gasteiger partial charge in [0.1, 0.15) is 5.75 Å². The quantitative estimate of drug-likeness (QED) is 0.850. The first-order valence-electron chi connectivity index (χ1n) is 7.03. The van der Waals surface area contributed by atoms with Crippen LogP contribution in [0.1, 0.15) is 12.5 Å². The van der Waals surface area contributed by atoms with Gasteiger partial charge in [-0.3, -0.25) is 4.79 Å². The highest BCUT2D eigenvalue weighted by atomic mass is 35.5. The molecule has 124 valence electrons. The lowest BCUT2D eigenvalue weighted by Crippen LogP contribution is -2.37. The van der Waals surface area contributed by atoms with Crippen molar-refractivity contribution in [1.29, 1.82) is 0 Å². The first-order chi connectivity index (χ1) is 10.6. The van der Waals surface area contributed by atoms with Crippen molar-refractivity contribution in [3.05, 3.63) is 54.1 Å². The van der Waals surface area contributed by atoms with Gasteiger partial charge in [0, 0.05) is 6.54 Å². The van der Waals surface area contributed by atoms with E-state index in [4.69, 9.17) is 15.2 Å². The summed E-state index contributed by atoms with van der Waals surface area (Å²) in [7, 11) is 1.60. The molecule has 3 N–H and O–H groups in total. The summed E-state index contributed by atoms with van der Waals surface area (Å²) in [5, 5.41) is 2.76. The summed E-state index contributed by atoms with van der Waals surface area (Å²) >= 11 is 0. The van der Waals surface area contributed by atoms with Crippen LogP contribution in [0, 0.1) is 0 Å². The summed E-state index contributed by atoms with van der Waals surface area (Å²) < 4.78 is 11.0. The van der Waals surface area contributed by atoms with Crippen LogP contribution in [0.4, 0.5) is 0 Å². The first kappa shape index (κ1) is 18.8. The van der Waals surface area contributed by atoms with Gasteiger partial charge in [0.25, 0.3) is 0 Å². The molecule has 0 aliphatic carbocycles. The Kier molecular flexibility index (Phi) is 7.38. The third kappa shape index (κ3) is 5.47. The third-order valence-electron chi connectivity index (χ3n) is 3.10. The molecule has 2 aromatic rings. The van der Waals surface area contributed by atoms with Crippen LogP contribution in [0.2, 0.25) is 0 Å². The molecule has 0 aromatic heterocycles. The van der Waals surface area contributed by atoms with E-state index in [1.165, 1.54) is 0 Å². The van der Waals surface area contributed by atoms with Crippen molar-refractivity contribution in [2.45, 2.75) is 19.5 Å². The molecule has 0 unspecified atom stereocenters. The van der Waals surface area contributed by atoms with Crippen molar-refractivity contribution in [2.75, 3.05) is 7.11 Å². The lowest BCUT2D eigenvalue weighted by Gasteiger charge is -2.11. The highest BCUT2D eigenvalue weighted by molar-refractivity contribution is 5.85. The molecule has 0 fully saturated rings. The lowest BCUT2D eigenvalue weighted by molar-refractivity contribution is -0.122. The van der Waals surface area contributed by atoms with E-state index < -0.39 is 6.04 Å². The Morgan fingerprint density at radius 1 is 1.13 bits per heavy atom. The number of halogens is 1. The van der Waals surface area contributed by atoms with Gasteiger partial charge in [0.15, 0.2) is 11.5 Å². The largest absolute Gasteiger partial charge is 0.493 e. The maximum Gasteiger partial charge on any atom is 0.236 e. The fourth-order valence-electron chi connectivity index (χ4n) is 1.86. The van der Waals surface area contributed by atoms with Gasteiger partial charge in [-0.25, -0.2) is 0 Å². The minimum absolute atomic E-state index is 0. The summed E-state index contributed by atoms with van der Waals surface area (Å²) in [6.45, 7) is 2.09. The Bertz CT molecular complexity index is 630. The van der Waals surface area contributed by atoms with Crippen molar-refractivity contribution >= 4 is 18.3 Å². The Balaban J connectivity index is 0.00000264. The Labute approximate surface area is 142 Å². The number of hydrogen-bond acceptors (Lipinski definition) is 4. The molecule has 1 atom stereocenters. The van der Waals surface area contributed by atoms with Gasteiger partial charge in [0.05, 0.1) is 13.2 Å². The van der Waals surface area contributed by atoms with Gasteiger partial charge in [0.2, 0.25) is 5.91 Å². The van der Waals surface area contributed by atoms with Crippen LogP contribution in [-0.4, -0.2) is 19.1 Å². The van der Waals surface area contributed by atoms with Crippen molar-refractivity contribution in [3.8, 4) is 17.2 Å². The molecule has 0 aliphatic heterocycles. The molecule has 0 spiro atoms. The number of carbonyl (C=O) groups is 1. The minimum Gasteiger partial charge on any atom is -0.493 e. The van der Waals surface area contributed by atoms with Gasteiger partial charge in [-0.05, 0) is 36.8 Å². The molecule has 0 heterocycles. The van der Waals surface area contributed by atoms with Gasteiger partial charge in [-0.1, -0.05) is 24.3 Å². The smallest absolute Gasteiger partial charge is 0.236 e. The first-order valence-corrected chi connectivity index (χ1v) is 7.03. The van der Waals surface area contributed by atoms with E-state index in [-0.39, 0.29) is 18.3 Å². The molecule has 2 rings (SSSR count). The molecule has 2 aromatic carbocycles. The number of para-hydroxylation sites is 2. The number of rotatable bonds is 6. The molecule has 6 heteroatoms. The summed E-state index contributed by atoms with van der Waals surface area (Å²) in [4.78, 5) is 11.4. The summed E-state index contributed by atoms with van der Waals surface area (Å²) in [5.41, 5.74) is 6.47. The van der Waals surface area contributed by atoms with Crippen molar-refractivity contribution in [3.63, 3.8) is 0 Å². The zero-order chi connectivity index (χ0) is 15.9. The number of hydrogen-bond donors (Lipinski definition) is 2. The average Bonchev–Trinajstić information content (AvgIpc) is 2.54. The molecule has 5 nitrogen and oxygen atoms in total. The fraction of sp³-hybridized carbons (Fsp3) is 0.235. The maximum absolute atomic E-state index is 11.4. The van der Waals surface area contributed by atoms with E-state index in [1.807, 2.05) is 48.5 Å². The zero-order valence-electron chi connectivity index (χ0n) is 13.1. The van der Waals surface area contributed by atoms with E-state index in [0.717, 1.165) is 5.56 Å². The van der Waals surface area contributed by atoms with E-state index in [9.17, 15) is 4.79 Å². The van der Waals surface area contributed by atoms with E-state index in [2.05, 4.69) is 5.32 Å². The number of methoxy groups -OCH3 is 1. The highest BCUT2D eigenvalue weighted by Crippen LogP contribution is 2.30. The van der Waals surface area contributed by atoms with Crippen molar-refractivity contribution < 1.29 is 14.3 Å². The van der Waals surface area contributed by atoms with Gasteiger partial charge in [-0.15, -0.1) is 12.4 Å². The van der Waals surface area contributed by atoms with Crippen LogP contribution in [0.3, 0.4) is 0 Å². The predicted molar refractivity (Wildman–Crippen MR) is 92.3 cm³/mol. The van der Waals surface area contributed by atoms with E-state index >= 15 is 0 Å². The predicted octanol–water partition coefficient (Wildman–Crippen LogP) is 2.87. The summed E-state index contributed by atoms with van der Waals surface area (Å²) in [6.07, 6.45) is 0. The van der Waals surface area contributed by atoms with Crippen LogP contribution >= 0.6 is 12.4 Å². The topological polar surface area (TPSA) is 73.6 Å². The molecule has 0 saturated carbocycles. The SMILES string of the molecule is COc1ccccc1Oc1ccc(CNC(=O)[C@H](C)N)cc1.Cl. The Morgan fingerprint density at radius 2 is 1.74 bits per heavy atom. The Hall–Kier alpha value is -2.24. The highest BCUT2D eigenvalue weighted by Gasteiger charge is 2.07. The van der Waals surface area contributed by atoms with Crippen LogP contribution in [0.15, 0.2) is 48.5 Å². The number of benzene rings is 2. The number of carbonyl (C=O) groups excluding carboxylic acids is 1. The normalized spacial score (nSPS) is 11.1. The third-order valence-corrected chi connectivity index (χ3v) is 3.10. The van der Waals surface area contributed by atoms with Crippen LogP contribution in [-0.2, 0) is 11.3 Å². The second kappa shape index (κ2) is 9.02. The van der Waals surface area contributed by atoms with E-state index in [1.54, 1.807) is 14.0 Å². The standard InChI is InChI=1S/C17H20N2O3.ClH/c1-12(18)17(20)19-11-13-7-9-14(10-8-13)22-16-6-4-3-5-15(16)21-2;/h3-10,12H,11,18H2,1-2H3,(H,19,20);1H/t12-;/m0./s1. The lowest BCUT2D eigenvalue weighted by atomic mass is 10.2. The molecule has 0 bridgehead atoms. The molecule has 0 radical (unpaired) electrons. The molecule has 1 amide bonds. The molecule has 23 heavy (non-hydrogen) atoms. The monoisotopic (exact) mass is 336 g/mol. The van der Waals surface area contributed by atoms with E-state index in [0.29, 0.717) is 23.8 Å².